The van der Waals surface area contributed by atoms with Crippen LogP contribution in [0.5, 0.6) is 5.75 Å². The Morgan fingerprint density at radius 2 is 1.95 bits per heavy atom. The van der Waals surface area contributed by atoms with Crippen molar-refractivity contribution >= 4 is 11.6 Å². The van der Waals surface area contributed by atoms with Gasteiger partial charge in [-0.1, -0.05) is 29.8 Å². The number of nitrogens with one attached hydrogen (secondary N) is 1. The lowest BCUT2D eigenvalue weighted by atomic mass is 10.2. The van der Waals surface area contributed by atoms with E-state index in [0.717, 1.165) is 17.9 Å². The molecule has 1 N–H and O–H groups in total. The third kappa shape index (κ3) is 3.96. The van der Waals surface area contributed by atoms with Gasteiger partial charge in [-0.3, -0.25) is 0 Å². The Morgan fingerprint density at radius 3 is 2.76 bits per heavy atom. The van der Waals surface area contributed by atoms with Gasteiger partial charge in [-0.2, -0.15) is 0 Å². The van der Waals surface area contributed by atoms with E-state index in [1.165, 1.54) is 25.0 Å². The minimum absolute atomic E-state index is 0.261. The van der Waals surface area contributed by atoms with Crippen LogP contribution < -0.4 is 10.1 Å². The Kier molecular flexibility index (Phi) is 4.42. The molecule has 110 valence electrons. The first-order valence-corrected chi connectivity index (χ1v) is 7.48. The van der Waals surface area contributed by atoms with Crippen LogP contribution in [0.2, 0.25) is 5.02 Å². The van der Waals surface area contributed by atoms with Crippen LogP contribution in [-0.2, 0) is 13.2 Å². The number of halogens is 2. The summed E-state index contributed by atoms with van der Waals surface area (Å²) in [5.74, 6) is 0.507. The summed E-state index contributed by atoms with van der Waals surface area (Å²) in [4.78, 5) is 0. The highest BCUT2D eigenvalue weighted by Crippen LogP contribution is 2.24. The average molecular weight is 306 g/mol. The number of ether oxygens (including phenoxy) is 1. The van der Waals surface area contributed by atoms with Crippen molar-refractivity contribution in [1.82, 2.24) is 5.32 Å². The molecule has 0 atom stereocenters. The van der Waals surface area contributed by atoms with Crippen molar-refractivity contribution in [2.75, 3.05) is 0 Å². The van der Waals surface area contributed by atoms with Gasteiger partial charge in [0.05, 0.1) is 0 Å². The molecule has 0 radical (unpaired) electrons. The molecule has 2 aromatic rings. The van der Waals surface area contributed by atoms with Crippen LogP contribution >= 0.6 is 11.6 Å². The molecular formula is C17H17ClFNO. The van der Waals surface area contributed by atoms with Crippen LogP contribution in [0.15, 0.2) is 42.5 Å². The topological polar surface area (TPSA) is 21.3 Å². The van der Waals surface area contributed by atoms with Gasteiger partial charge in [-0.25, -0.2) is 4.39 Å². The van der Waals surface area contributed by atoms with E-state index in [1.54, 1.807) is 6.07 Å². The van der Waals surface area contributed by atoms with Gasteiger partial charge in [-0.15, -0.1) is 0 Å². The smallest absolute Gasteiger partial charge is 0.124 e. The number of benzene rings is 2. The highest BCUT2D eigenvalue weighted by Gasteiger charge is 2.20. The Balaban J connectivity index is 1.67. The molecule has 1 fully saturated rings. The SMILES string of the molecule is Fc1ccc(Cl)c(COc2ccccc2CNC2CC2)c1. The van der Waals surface area contributed by atoms with E-state index in [-0.39, 0.29) is 12.4 Å². The lowest BCUT2D eigenvalue weighted by Crippen LogP contribution is -2.16. The van der Waals surface area contributed by atoms with Gasteiger partial charge >= 0.3 is 0 Å². The van der Waals surface area contributed by atoms with Crippen molar-refractivity contribution in [3.05, 3.63) is 64.4 Å². The van der Waals surface area contributed by atoms with E-state index in [1.807, 2.05) is 24.3 Å². The zero-order valence-electron chi connectivity index (χ0n) is 11.6. The van der Waals surface area contributed by atoms with E-state index in [2.05, 4.69) is 5.32 Å². The van der Waals surface area contributed by atoms with Gasteiger partial charge < -0.3 is 10.1 Å². The maximum atomic E-state index is 13.2. The third-order valence-corrected chi connectivity index (χ3v) is 3.89. The predicted molar refractivity (Wildman–Crippen MR) is 82.0 cm³/mol. The van der Waals surface area contributed by atoms with Crippen molar-refractivity contribution in [2.24, 2.45) is 0 Å². The number of rotatable bonds is 6. The summed E-state index contributed by atoms with van der Waals surface area (Å²) in [5.41, 5.74) is 1.76. The van der Waals surface area contributed by atoms with E-state index in [4.69, 9.17) is 16.3 Å². The number of hydrogen-bond acceptors (Lipinski definition) is 2. The van der Waals surface area contributed by atoms with Crippen molar-refractivity contribution in [2.45, 2.75) is 32.0 Å². The molecule has 3 rings (SSSR count). The molecule has 1 aliphatic carbocycles. The fourth-order valence-corrected chi connectivity index (χ4v) is 2.31. The summed E-state index contributed by atoms with van der Waals surface area (Å²) < 4.78 is 19.1. The molecule has 2 aromatic carbocycles. The van der Waals surface area contributed by atoms with Gasteiger partial charge in [0.2, 0.25) is 0 Å². The Labute approximate surface area is 128 Å². The molecule has 0 spiro atoms. The molecule has 0 aromatic heterocycles. The molecule has 0 unspecified atom stereocenters. The quantitative estimate of drug-likeness (QED) is 0.858. The first kappa shape index (κ1) is 14.4. The largest absolute Gasteiger partial charge is 0.489 e. The minimum Gasteiger partial charge on any atom is -0.489 e. The Bertz CT molecular complexity index is 628. The molecule has 4 heteroatoms. The average Bonchev–Trinajstić information content (AvgIpc) is 3.31. The fraction of sp³-hybridized carbons (Fsp3) is 0.294. The normalized spacial score (nSPS) is 14.2. The van der Waals surface area contributed by atoms with Gasteiger partial charge in [-0.05, 0) is 37.1 Å². The summed E-state index contributed by atoms with van der Waals surface area (Å²) in [7, 11) is 0. The molecule has 0 aliphatic heterocycles. The highest BCUT2D eigenvalue weighted by molar-refractivity contribution is 6.31. The molecule has 1 saturated carbocycles. The van der Waals surface area contributed by atoms with E-state index in [9.17, 15) is 4.39 Å². The van der Waals surface area contributed by atoms with Crippen LogP contribution in [0, 0.1) is 5.82 Å². The first-order valence-electron chi connectivity index (χ1n) is 7.10. The minimum atomic E-state index is -0.304. The Hall–Kier alpha value is -1.58. The van der Waals surface area contributed by atoms with Gasteiger partial charge in [0.15, 0.2) is 0 Å². The maximum absolute atomic E-state index is 13.2. The summed E-state index contributed by atoms with van der Waals surface area (Å²) >= 11 is 6.05. The zero-order chi connectivity index (χ0) is 14.7. The highest BCUT2D eigenvalue weighted by atomic mass is 35.5. The molecule has 21 heavy (non-hydrogen) atoms. The van der Waals surface area contributed by atoms with Crippen molar-refractivity contribution in [3.8, 4) is 5.75 Å². The second kappa shape index (κ2) is 6.46. The van der Waals surface area contributed by atoms with E-state index < -0.39 is 0 Å². The van der Waals surface area contributed by atoms with Crippen LogP contribution in [0.3, 0.4) is 0 Å². The van der Waals surface area contributed by atoms with Gasteiger partial charge in [0.1, 0.15) is 18.2 Å². The molecular weight excluding hydrogens is 289 g/mol. The van der Waals surface area contributed by atoms with Crippen LogP contribution in [0.1, 0.15) is 24.0 Å². The number of para-hydroxylation sites is 1. The standard InChI is InChI=1S/C17H17ClFNO/c18-16-8-5-14(19)9-13(16)11-21-17-4-2-1-3-12(17)10-20-15-6-7-15/h1-5,8-9,15,20H,6-7,10-11H2. The molecule has 0 heterocycles. The maximum Gasteiger partial charge on any atom is 0.124 e. The summed E-state index contributed by atoms with van der Waals surface area (Å²) in [5, 5.41) is 3.98. The summed E-state index contributed by atoms with van der Waals surface area (Å²) in [6, 6.07) is 12.9. The third-order valence-electron chi connectivity index (χ3n) is 3.52. The van der Waals surface area contributed by atoms with E-state index in [0.29, 0.717) is 16.6 Å². The van der Waals surface area contributed by atoms with Crippen molar-refractivity contribution in [1.29, 1.82) is 0 Å². The van der Waals surface area contributed by atoms with Crippen LogP contribution in [0.4, 0.5) is 4.39 Å². The number of hydrogen-bond donors (Lipinski definition) is 1. The second-order valence-electron chi connectivity index (χ2n) is 5.29. The molecule has 2 nitrogen and oxygen atoms in total. The van der Waals surface area contributed by atoms with Gasteiger partial charge in [0, 0.05) is 28.7 Å². The van der Waals surface area contributed by atoms with Gasteiger partial charge in [0.25, 0.3) is 0 Å². The Morgan fingerprint density at radius 1 is 1.14 bits per heavy atom. The van der Waals surface area contributed by atoms with Crippen LogP contribution in [-0.4, -0.2) is 6.04 Å². The molecule has 0 amide bonds. The lowest BCUT2D eigenvalue weighted by molar-refractivity contribution is 0.301. The zero-order valence-corrected chi connectivity index (χ0v) is 12.4. The molecule has 1 aliphatic rings. The van der Waals surface area contributed by atoms with Crippen molar-refractivity contribution in [3.63, 3.8) is 0 Å². The molecule has 0 bridgehead atoms. The van der Waals surface area contributed by atoms with E-state index >= 15 is 0 Å². The predicted octanol–water partition coefficient (Wildman–Crippen LogP) is 4.31. The molecule has 0 saturated heterocycles. The van der Waals surface area contributed by atoms with Crippen molar-refractivity contribution < 1.29 is 9.13 Å². The lowest BCUT2D eigenvalue weighted by Gasteiger charge is -2.13. The summed E-state index contributed by atoms with van der Waals surface area (Å²) in [6.45, 7) is 1.05. The second-order valence-corrected chi connectivity index (χ2v) is 5.69. The summed E-state index contributed by atoms with van der Waals surface area (Å²) in [6.07, 6.45) is 2.50. The van der Waals surface area contributed by atoms with Crippen LogP contribution in [0.25, 0.3) is 0 Å². The monoisotopic (exact) mass is 305 g/mol. The first-order chi connectivity index (χ1) is 10.2. The fourth-order valence-electron chi connectivity index (χ4n) is 2.14.